The molecule has 3 N–H and O–H groups in total. The molecule has 1 amide bonds. The lowest BCUT2D eigenvalue weighted by Crippen LogP contribution is -3.16. The molecule has 2 aromatic rings. The van der Waals surface area contributed by atoms with Crippen LogP contribution in [0.5, 0.6) is 0 Å². The number of carbonyl (C=O) groups is 1. The fourth-order valence-corrected chi connectivity index (χ4v) is 4.97. The van der Waals surface area contributed by atoms with Crippen LogP contribution in [0.25, 0.3) is 0 Å². The lowest BCUT2D eigenvalue weighted by atomic mass is 10.0. The molecule has 0 saturated carbocycles. The summed E-state index contributed by atoms with van der Waals surface area (Å²) in [7, 11) is -3.69. The number of nitrogens with one attached hydrogen (secondary N) is 3. The smallest absolute Gasteiger partial charge is 0.251 e. The van der Waals surface area contributed by atoms with E-state index in [1.54, 1.807) is 17.0 Å². The molecule has 2 aromatic carbocycles. The maximum absolute atomic E-state index is 12.6. The number of rotatable bonds is 9. The van der Waals surface area contributed by atoms with Gasteiger partial charge < -0.3 is 10.2 Å². The van der Waals surface area contributed by atoms with Gasteiger partial charge in [-0.2, -0.15) is 0 Å². The molecule has 7 heteroatoms. The van der Waals surface area contributed by atoms with Crippen LogP contribution in [0.15, 0.2) is 59.5 Å². The van der Waals surface area contributed by atoms with Crippen LogP contribution in [-0.2, 0) is 16.6 Å². The van der Waals surface area contributed by atoms with E-state index in [0.29, 0.717) is 18.2 Å². The van der Waals surface area contributed by atoms with E-state index in [1.165, 1.54) is 37.9 Å². The van der Waals surface area contributed by atoms with Crippen molar-refractivity contribution in [2.75, 3.05) is 19.6 Å². The van der Waals surface area contributed by atoms with Gasteiger partial charge in [-0.25, -0.2) is 13.1 Å². The zero-order valence-electron chi connectivity index (χ0n) is 17.6. The molecule has 0 radical (unpaired) electrons. The van der Waals surface area contributed by atoms with Gasteiger partial charge in [0.2, 0.25) is 10.0 Å². The number of hydrogen-bond acceptors (Lipinski definition) is 3. The second kappa shape index (κ2) is 10.7. The van der Waals surface area contributed by atoms with E-state index in [-0.39, 0.29) is 17.3 Å². The van der Waals surface area contributed by atoms with Gasteiger partial charge in [0.1, 0.15) is 0 Å². The van der Waals surface area contributed by atoms with E-state index in [2.05, 4.69) is 17.0 Å². The van der Waals surface area contributed by atoms with Gasteiger partial charge in [-0.3, -0.25) is 4.79 Å². The minimum absolute atomic E-state index is 0.0951. The maximum atomic E-state index is 12.6. The molecule has 1 fully saturated rings. The third-order valence-electron chi connectivity index (χ3n) is 5.76. The fraction of sp³-hybridized carbons (Fsp3) is 0.435. The highest BCUT2D eigenvalue weighted by molar-refractivity contribution is 7.89. The summed E-state index contributed by atoms with van der Waals surface area (Å²) >= 11 is 0. The number of quaternary nitrogens is 1. The van der Waals surface area contributed by atoms with Crippen molar-refractivity contribution in [1.82, 2.24) is 10.0 Å². The van der Waals surface area contributed by atoms with Crippen molar-refractivity contribution in [3.05, 3.63) is 65.7 Å². The minimum Gasteiger partial charge on any atom is -0.352 e. The Morgan fingerprint density at radius 1 is 1.10 bits per heavy atom. The Hall–Kier alpha value is -2.22. The quantitative estimate of drug-likeness (QED) is 0.530. The SMILES string of the molecule is C[C@@H]1CCCC[NH+]1CCCNC(=O)c1cccc(S(=O)(=O)NCc2ccccc2)c1. The summed E-state index contributed by atoms with van der Waals surface area (Å²) in [5.41, 5.74) is 1.23. The van der Waals surface area contributed by atoms with Crippen LogP contribution in [0, 0.1) is 0 Å². The van der Waals surface area contributed by atoms with Crippen molar-refractivity contribution in [2.45, 2.75) is 50.1 Å². The summed E-state index contributed by atoms with van der Waals surface area (Å²) in [5, 5.41) is 2.92. The molecular formula is C23H32N3O3S+. The van der Waals surface area contributed by atoms with Gasteiger partial charge in [-0.05, 0) is 49.9 Å². The van der Waals surface area contributed by atoms with Crippen LogP contribution < -0.4 is 14.9 Å². The zero-order chi connectivity index (χ0) is 21.4. The molecule has 30 heavy (non-hydrogen) atoms. The first-order valence-electron chi connectivity index (χ1n) is 10.7. The molecule has 0 aromatic heterocycles. The van der Waals surface area contributed by atoms with Crippen molar-refractivity contribution in [1.29, 1.82) is 0 Å². The summed E-state index contributed by atoms with van der Waals surface area (Å²) in [5.74, 6) is -0.239. The molecule has 0 bridgehead atoms. The molecular weight excluding hydrogens is 398 g/mol. The monoisotopic (exact) mass is 430 g/mol. The summed E-state index contributed by atoms with van der Waals surface area (Å²) in [6.45, 7) is 5.37. The number of hydrogen-bond donors (Lipinski definition) is 3. The maximum Gasteiger partial charge on any atom is 0.251 e. The molecule has 1 aliphatic heterocycles. The number of carbonyl (C=O) groups excluding carboxylic acids is 1. The van der Waals surface area contributed by atoms with E-state index in [1.807, 2.05) is 30.3 Å². The van der Waals surface area contributed by atoms with Gasteiger partial charge in [-0.15, -0.1) is 0 Å². The Morgan fingerprint density at radius 3 is 2.67 bits per heavy atom. The van der Waals surface area contributed by atoms with Crippen molar-refractivity contribution < 1.29 is 18.1 Å². The Bertz CT molecular complexity index is 932. The Balaban J connectivity index is 1.51. The Morgan fingerprint density at radius 2 is 1.90 bits per heavy atom. The molecule has 162 valence electrons. The molecule has 2 atom stereocenters. The number of sulfonamides is 1. The van der Waals surface area contributed by atoms with E-state index in [9.17, 15) is 13.2 Å². The van der Waals surface area contributed by atoms with Crippen LogP contribution in [-0.4, -0.2) is 40.0 Å². The van der Waals surface area contributed by atoms with Crippen LogP contribution in [0.3, 0.4) is 0 Å². The van der Waals surface area contributed by atoms with Crippen molar-refractivity contribution in [3.8, 4) is 0 Å². The highest BCUT2D eigenvalue weighted by Gasteiger charge is 2.21. The fourth-order valence-electron chi connectivity index (χ4n) is 3.91. The first kappa shape index (κ1) is 22.5. The summed E-state index contributed by atoms with van der Waals surface area (Å²) < 4.78 is 27.8. The number of likely N-dealkylation sites (tertiary alicyclic amines) is 1. The lowest BCUT2D eigenvalue weighted by molar-refractivity contribution is -0.928. The van der Waals surface area contributed by atoms with Crippen LogP contribution in [0.2, 0.25) is 0 Å². The average molecular weight is 431 g/mol. The largest absolute Gasteiger partial charge is 0.352 e. The molecule has 0 aliphatic carbocycles. The van der Waals surface area contributed by atoms with E-state index in [0.717, 1.165) is 18.5 Å². The highest BCUT2D eigenvalue weighted by atomic mass is 32.2. The van der Waals surface area contributed by atoms with Gasteiger partial charge in [-0.1, -0.05) is 36.4 Å². The molecule has 1 aliphatic rings. The topological polar surface area (TPSA) is 79.7 Å². The average Bonchev–Trinajstić information content (AvgIpc) is 2.77. The van der Waals surface area contributed by atoms with Gasteiger partial charge in [0.05, 0.1) is 24.0 Å². The predicted molar refractivity (Wildman–Crippen MR) is 118 cm³/mol. The zero-order valence-corrected chi connectivity index (χ0v) is 18.4. The lowest BCUT2D eigenvalue weighted by Gasteiger charge is -2.30. The second-order valence-electron chi connectivity index (χ2n) is 8.00. The van der Waals surface area contributed by atoms with Crippen molar-refractivity contribution >= 4 is 15.9 Å². The van der Waals surface area contributed by atoms with E-state index in [4.69, 9.17) is 0 Å². The molecule has 1 heterocycles. The number of piperidine rings is 1. The predicted octanol–water partition coefficient (Wildman–Crippen LogP) is 1.74. The molecule has 1 saturated heterocycles. The van der Waals surface area contributed by atoms with Crippen LogP contribution in [0.1, 0.15) is 48.5 Å². The second-order valence-corrected chi connectivity index (χ2v) is 9.77. The highest BCUT2D eigenvalue weighted by Crippen LogP contribution is 2.12. The van der Waals surface area contributed by atoms with E-state index < -0.39 is 10.0 Å². The van der Waals surface area contributed by atoms with Gasteiger partial charge >= 0.3 is 0 Å². The van der Waals surface area contributed by atoms with Crippen LogP contribution >= 0.6 is 0 Å². The first-order chi connectivity index (χ1) is 14.5. The van der Waals surface area contributed by atoms with Crippen LogP contribution in [0.4, 0.5) is 0 Å². The minimum atomic E-state index is -3.69. The Labute approximate surface area is 179 Å². The Kier molecular flexibility index (Phi) is 8.01. The standard InChI is InChI=1S/C23H31N3O3S/c1-19-9-5-6-15-26(19)16-8-14-24-23(27)21-12-7-13-22(17-21)30(28,29)25-18-20-10-3-2-4-11-20/h2-4,7,10-13,17,19,25H,5-6,8-9,14-16,18H2,1H3,(H,24,27)/p+1/t19-/m1/s1. The molecule has 3 rings (SSSR count). The third kappa shape index (κ3) is 6.39. The number of benzene rings is 2. The van der Waals surface area contributed by atoms with Gasteiger partial charge in [0, 0.05) is 25.1 Å². The van der Waals surface area contributed by atoms with Crippen molar-refractivity contribution in [2.24, 2.45) is 0 Å². The third-order valence-corrected chi connectivity index (χ3v) is 7.16. The van der Waals surface area contributed by atoms with Crippen molar-refractivity contribution in [3.63, 3.8) is 0 Å². The summed E-state index contributed by atoms with van der Waals surface area (Å²) in [6.07, 6.45) is 4.80. The normalized spacial score (nSPS) is 19.4. The molecule has 0 spiro atoms. The summed E-state index contributed by atoms with van der Waals surface area (Å²) in [4.78, 5) is 14.2. The molecule has 6 nitrogen and oxygen atoms in total. The molecule has 1 unspecified atom stereocenters. The van der Waals surface area contributed by atoms with Gasteiger partial charge in [0.25, 0.3) is 5.91 Å². The first-order valence-corrected chi connectivity index (χ1v) is 12.2. The van der Waals surface area contributed by atoms with E-state index >= 15 is 0 Å². The number of amides is 1. The summed E-state index contributed by atoms with van der Waals surface area (Å²) in [6, 6.07) is 16.2. The van der Waals surface area contributed by atoms with Gasteiger partial charge in [0.15, 0.2) is 0 Å².